The van der Waals surface area contributed by atoms with Gasteiger partial charge in [0.05, 0.1) is 17.6 Å². The average Bonchev–Trinajstić information content (AvgIpc) is 2.84. The highest BCUT2D eigenvalue weighted by molar-refractivity contribution is 14.1. The van der Waals surface area contributed by atoms with Crippen LogP contribution in [0.1, 0.15) is 32.3 Å². The summed E-state index contributed by atoms with van der Waals surface area (Å²) in [5.74, 6) is 0.612. The molecule has 4 rings (SSSR count). The molecule has 0 unspecified atom stereocenters. The molecular weight excluding hydrogens is 532 g/mol. The van der Waals surface area contributed by atoms with E-state index in [0.29, 0.717) is 0 Å². The summed E-state index contributed by atoms with van der Waals surface area (Å²) in [7, 11) is 0. The number of amides is 1. The predicted molar refractivity (Wildman–Crippen MR) is 137 cm³/mol. The van der Waals surface area contributed by atoms with Crippen molar-refractivity contribution in [1.29, 1.82) is 0 Å². The maximum Gasteiger partial charge on any atom is 0.222 e. The summed E-state index contributed by atoms with van der Waals surface area (Å²) in [6, 6.07) is 8.50. The van der Waals surface area contributed by atoms with E-state index in [4.69, 9.17) is 9.97 Å². The highest BCUT2D eigenvalue weighted by Crippen LogP contribution is 2.33. The van der Waals surface area contributed by atoms with Gasteiger partial charge in [-0.25, -0.2) is 9.37 Å². The number of pyridine rings is 1. The van der Waals surface area contributed by atoms with Crippen molar-refractivity contribution in [2.24, 2.45) is 5.92 Å². The molecule has 0 saturated carbocycles. The molecule has 3 heterocycles. The van der Waals surface area contributed by atoms with Crippen molar-refractivity contribution in [3.05, 3.63) is 60.3 Å². The number of halogens is 2. The van der Waals surface area contributed by atoms with Crippen LogP contribution < -0.4 is 10.2 Å². The smallest absolute Gasteiger partial charge is 0.222 e. The fourth-order valence-corrected chi connectivity index (χ4v) is 4.53. The summed E-state index contributed by atoms with van der Waals surface area (Å²) in [5, 5.41) is 3.14. The van der Waals surface area contributed by atoms with Crippen LogP contribution in [-0.4, -0.2) is 40.0 Å². The number of hydrogen-bond donors (Lipinski definition) is 1. The average molecular weight is 559 g/mol. The molecule has 0 atom stereocenters. The molecule has 1 aliphatic heterocycles. The van der Waals surface area contributed by atoms with Crippen LogP contribution in [0.5, 0.6) is 0 Å². The van der Waals surface area contributed by atoms with Gasteiger partial charge >= 0.3 is 0 Å². The summed E-state index contributed by atoms with van der Waals surface area (Å²) in [4.78, 5) is 28.3. The van der Waals surface area contributed by atoms with Gasteiger partial charge in [0, 0.05) is 53.0 Å². The number of piperidine rings is 1. The Bertz CT molecular complexity index is 1110. The summed E-state index contributed by atoms with van der Waals surface area (Å²) in [5.41, 5.74) is 4.35. The van der Waals surface area contributed by atoms with Crippen molar-refractivity contribution >= 4 is 34.3 Å². The van der Waals surface area contributed by atoms with Crippen molar-refractivity contribution in [2.75, 3.05) is 18.0 Å². The van der Waals surface area contributed by atoms with Crippen molar-refractivity contribution in [2.45, 2.75) is 37.2 Å². The monoisotopic (exact) mass is 559 g/mol. The van der Waals surface area contributed by atoms with E-state index in [2.05, 4.69) is 37.8 Å². The molecule has 6 nitrogen and oxygen atoms in total. The number of carbonyl (C=O) groups is 1. The van der Waals surface area contributed by atoms with Gasteiger partial charge in [0.2, 0.25) is 5.91 Å². The maximum atomic E-state index is 13.5. The van der Waals surface area contributed by atoms with Crippen LogP contribution in [-0.2, 0) is 9.22 Å². The Kier molecular flexibility index (Phi) is 7.52. The van der Waals surface area contributed by atoms with E-state index in [1.54, 1.807) is 24.5 Å². The van der Waals surface area contributed by atoms with E-state index in [1.165, 1.54) is 12.1 Å². The van der Waals surface area contributed by atoms with Gasteiger partial charge in [0.15, 0.2) is 0 Å². The Balaban J connectivity index is 1.65. The van der Waals surface area contributed by atoms with E-state index in [9.17, 15) is 9.18 Å². The van der Waals surface area contributed by atoms with Crippen molar-refractivity contribution in [1.82, 2.24) is 20.3 Å². The number of alkyl halides is 1. The molecule has 33 heavy (non-hydrogen) atoms. The molecule has 3 aromatic rings. The van der Waals surface area contributed by atoms with Crippen LogP contribution in [0.4, 0.5) is 10.2 Å². The van der Waals surface area contributed by atoms with Gasteiger partial charge in [-0.15, -0.1) is 0 Å². The molecule has 8 heteroatoms. The third-order valence-electron chi connectivity index (χ3n) is 5.87. The summed E-state index contributed by atoms with van der Waals surface area (Å²) in [6.07, 6.45) is 7.14. The number of nitrogens with one attached hydrogen (secondary N) is 1. The largest absolute Gasteiger partial charge is 0.355 e. The SMILES string of the molecule is CC(C)C(=O)NC1CCN(c2cnc(-c3ccc(F)cc3)c(-c3ccncc3CI)n2)CC1. The zero-order chi connectivity index (χ0) is 23.4. The Labute approximate surface area is 207 Å². The van der Waals surface area contributed by atoms with Gasteiger partial charge in [-0.3, -0.25) is 14.8 Å². The Hall–Kier alpha value is -2.62. The van der Waals surface area contributed by atoms with Crippen LogP contribution in [0.3, 0.4) is 0 Å². The highest BCUT2D eigenvalue weighted by Gasteiger charge is 2.24. The lowest BCUT2D eigenvalue weighted by Crippen LogP contribution is -2.46. The summed E-state index contributed by atoms with van der Waals surface area (Å²) < 4.78 is 14.3. The Morgan fingerprint density at radius 2 is 1.88 bits per heavy atom. The molecule has 0 radical (unpaired) electrons. The van der Waals surface area contributed by atoms with Gasteiger partial charge in [-0.1, -0.05) is 36.4 Å². The molecule has 2 aromatic heterocycles. The van der Waals surface area contributed by atoms with Gasteiger partial charge < -0.3 is 10.2 Å². The van der Waals surface area contributed by atoms with Crippen molar-refractivity contribution in [3.8, 4) is 22.5 Å². The summed E-state index contributed by atoms with van der Waals surface area (Å²) >= 11 is 2.32. The molecule has 0 bridgehead atoms. The van der Waals surface area contributed by atoms with E-state index >= 15 is 0 Å². The first-order valence-corrected chi connectivity index (χ1v) is 12.7. The van der Waals surface area contributed by atoms with Gasteiger partial charge in [-0.2, -0.15) is 0 Å². The number of rotatable bonds is 6. The molecule has 1 fully saturated rings. The molecule has 0 spiro atoms. The first kappa shape index (κ1) is 23.5. The first-order valence-electron chi connectivity index (χ1n) is 11.1. The van der Waals surface area contributed by atoms with E-state index in [1.807, 2.05) is 26.1 Å². The van der Waals surface area contributed by atoms with Gasteiger partial charge in [0.1, 0.15) is 11.6 Å². The Morgan fingerprint density at radius 1 is 1.15 bits per heavy atom. The zero-order valence-corrected chi connectivity index (χ0v) is 20.9. The molecule has 1 saturated heterocycles. The minimum absolute atomic E-state index is 0.0112. The third-order valence-corrected chi connectivity index (χ3v) is 6.69. The van der Waals surface area contributed by atoms with Crippen molar-refractivity contribution in [3.63, 3.8) is 0 Å². The summed E-state index contributed by atoms with van der Waals surface area (Å²) in [6.45, 7) is 5.41. The second-order valence-electron chi connectivity index (χ2n) is 8.52. The molecular formula is C25H27FIN5O. The minimum Gasteiger partial charge on any atom is -0.355 e. The lowest BCUT2D eigenvalue weighted by molar-refractivity contribution is -0.124. The van der Waals surface area contributed by atoms with Crippen LogP contribution >= 0.6 is 22.6 Å². The highest BCUT2D eigenvalue weighted by atomic mass is 127. The molecule has 172 valence electrons. The molecule has 0 aliphatic carbocycles. The molecule has 1 aliphatic rings. The standard InChI is InChI=1S/C25H27FIN5O/c1-16(2)25(33)30-20-8-11-32(12-9-20)22-15-29-23(17-3-5-19(26)6-4-17)24(31-22)21-7-10-28-14-18(21)13-27/h3-7,10,14-16,20H,8-9,11-13H2,1-2H3,(H,30,33). The van der Waals surface area contributed by atoms with Crippen LogP contribution in [0.2, 0.25) is 0 Å². The number of benzene rings is 1. The minimum atomic E-state index is -0.283. The van der Waals surface area contributed by atoms with Crippen LogP contribution in [0.15, 0.2) is 48.9 Å². The fraction of sp³-hybridized carbons (Fsp3) is 0.360. The number of anilines is 1. The second-order valence-corrected chi connectivity index (χ2v) is 9.29. The molecule has 1 aromatic carbocycles. The second kappa shape index (κ2) is 10.5. The number of aromatic nitrogens is 3. The number of nitrogens with zero attached hydrogens (tertiary/aromatic N) is 4. The fourth-order valence-electron chi connectivity index (χ4n) is 3.92. The van der Waals surface area contributed by atoms with Crippen LogP contribution in [0, 0.1) is 11.7 Å². The van der Waals surface area contributed by atoms with Crippen molar-refractivity contribution < 1.29 is 9.18 Å². The van der Waals surface area contributed by atoms with E-state index < -0.39 is 0 Å². The quantitative estimate of drug-likeness (QED) is 0.339. The van der Waals surface area contributed by atoms with E-state index in [0.717, 1.165) is 64.3 Å². The first-order chi connectivity index (χ1) is 16.0. The van der Waals surface area contributed by atoms with Gasteiger partial charge in [-0.05, 0) is 48.7 Å². The lowest BCUT2D eigenvalue weighted by Gasteiger charge is -2.33. The Morgan fingerprint density at radius 3 is 2.55 bits per heavy atom. The molecule has 1 N–H and O–H groups in total. The predicted octanol–water partition coefficient (Wildman–Crippen LogP) is 5.02. The third kappa shape index (κ3) is 5.48. The number of hydrogen-bond acceptors (Lipinski definition) is 5. The molecule has 1 amide bonds. The van der Waals surface area contributed by atoms with Gasteiger partial charge in [0.25, 0.3) is 0 Å². The maximum absolute atomic E-state index is 13.5. The van der Waals surface area contributed by atoms with E-state index in [-0.39, 0.29) is 23.7 Å². The topological polar surface area (TPSA) is 71.0 Å². The number of carbonyl (C=O) groups excluding carboxylic acids is 1. The lowest BCUT2D eigenvalue weighted by atomic mass is 10.0. The normalized spacial score (nSPS) is 14.5. The zero-order valence-electron chi connectivity index (χ0n) is 18.8. The van der Waals surface area contributed by atoms with Crippen LogP contribution in [0.25, 0.3) is 22.5 Å².